The lowest BCUT2D eigenvalue weighted by atomic mass is 9.93. The third-order valence-electron chi connectivity index (χ3n) is 6.89. The molecular weight excluding hydrogens is 476 g/mol. The van der Waals surface area contributed by atoms with Gasteiger partial charge < -0.3 is 20.5 Å². The van der Waals surface area contributed by atoms with E-state index < -0.39 is 23.6 Å². The fourth-order valence-electron chi connectivity index (χ4n) is 4.80. The van der Waals surface area contributed by atoms with Crippen LogP contribution in [-0.2, 0) is 32.8 Å². The third-order valence-corrected chi connectivity index (χ3v) is 6.89. The van der Waals surface area contributed by atoms with Crippen LogP contribution in [0.1, 0.15) is 43.7 Å². The largest absolute Gasteiger partial charge is 0.480 e. The molecule has 1 fully saturated rings. The first-order chi connectivity index (χ1) is 17.7. The van der Waals surface area contributed by atoms with Crippen LogP contribution in [0.25, 0.3) is 11.0 Å². The number of primary amides is 1. The van der Waals surface area contributed by atoms with Crippen molar-refractivity contribution in [3.05, 3.63) is 64.6 Å². The molecule has 3 N–H and O–H groups in total. The lowest BCUT2D eigenvalue weighted by Gasteiger charge is -2.41. The van der Waals surface area contributed by atoms with Crippen molar-refractivity contribution in [2.45, 2.75) is 44.8 Å². The number of aliphatic carboxylic acids is 1. The maximum absolute atomic E-state index is 12.9. The maximum Gasteiger partial charge on any atom is 0.329 e. The van der Waals surface area contributed by atoms with Gasteiger partial charge in [-0.2, -0.15) is 0 Å². The number of nitrogens with two attached hydrogens (primary N) is 1. The summed E-state index contributed by atoms with van der Waals surface area (Å²) in [5.74, 6) is -1.52. The number of nitrogens with zero attached hydrogens (tertiary/aromatic N) is 3. The Hall–Kier alpha value is -4.08. The molecule has 0 bridgehead atoms. The summed E-state index contributed by atoms with van der Waals surface area (Å²) in [5.41, 5.74) is 7.78. The topological polar surface area (TPSA) is 137 Å². The summed E-state index contributed by atoms with van der Waals surface area (Å²) in [7, 11) is 1.60. The van der Waals surface area contributed by atoms with Crippen LogP contribution in [-0.4, -0.2) is 45.2 Å². The molecule has 1 saturated heterocycles. The molecule has 0 saturated carbocycles. The van der Waals surface area contributed by atoms with E-state index in [2.05, 4.69) is 4.90 Å². The van der Waals surface area contributed by atoms with E-state index in [0.717, 1.165) is 37.2 Å². The summed E-state index contributed by atoms with van der Waals surface area (Å²) in [6.45, 7) is 1.98. The number of aryl methyl sites for hydroxylation is 1. The van der Waals surface area contributed by atoms with Gasteiger partial charge >= 0.3 is 17.6 Å². The normalized spacial score (nSPS) is 14.4. The second kappa shape index (κ2) is 11.3. The number of carbonyl (C=O) groups excluding carboxylic acids is 2. The predicted molar refractivity (Wildman–Crippen MR) is 138 cm³/mol. The van der Waals surface area contributed by atoms with Gasteiger partial charge in [0.1, 0.15) is 12.6 Å². The Morgan fingerprint density at radius 1 is 1.08 bits per heavy atom. The molecule has 1 aliphatic heterocycles. The number of imidazole rings is 1. The quantitative estimate of drug-likeness (QED) is 0.359. The van der Waals surface area contributed by atoms with Crippen LogP contribution in [0.5, 0.6) is 0 Å². The van der Waals surface area contributed by atoms with Crippen LogP contribution in [0.4, 0.5) is 5.69 Å². The van der Waals surface area contributed by atoms with Gasteiger partial charge in [-0.1, -0.05) is 30.3 Å². The van der Waals surface area contributed by atoms with Crippen molar-refractivity contribution in [2.75, 3.05) is 18.0 Å². The average Bonchev–Trinajstić information content (AvgIpc) is 3.09. The molecule has 0 aliphatic carbocycles. The Labute approximate surface area is 214 Å². The molecule has 0 spiro atoms. The van der Waals surface area contributed by atoms with E-state index in [1.165, 1.54) is 9.13 Å². The summed E-state index contributed by atoms with van der Waals surface area (Å²) in [5, 5.41) is 9.68. The summed E-state index contributed by atoms with van der Waals surface area (Å²) in [6.07, 6.45) is 1.90. The molecule has 2 heterocycles. The standard InChI is InChI=1S/C27H32N4O6/c1-29-23-14-20(10-11-21(23)31(27(29)36)22(26(34)35)12-13-24(28)32)30-15-19(16-30)8-5-9-25(33)37-17-18-6-3-2-4-7-18/h2-4,6-7,10-11,14,19,22H,5,8-9,12-13,15-17H2,1H3,(H2,28,32)(H,34,35). The average molecular weight is 509 g/mol. The van der Waals surface area contributed by atoms with E-state index in [1.54, 1.807) is 13.1 Å². The number of esters is 1. The predicted octanol–water partition coefficient (Wildman–Crippen LogP) is 2.58. The Kier molecular flexibility index (Phi) is 7.95. The molecule has 2 aromatic carbocycles. The van der Waals surface area contributed by atoms with Crippen LogP contribution in [0, 0.1) is 5.92 Å². The first-order valence-corrected chi connectivity index (χ1v) is 12.4. The number of anilines is 1. The molecule has 10 nitrogen and oxygen atoms in total. The zero-order valence-corrected chi connectivity index (χ0v) is 20.8. The Morgan fingerprint density at radius 2 is 1.81 bits per heavy atom. The highest BCUT2D eigenvalue weighted by atomic mass is 16.5. The smallest absolute Gasteiger partial charge is 0.329 e. The number of benzene rings is 2. The van der Waals surface area contributed by atoms with Crippen LogP contribution in [0.2, 0.25) is 0 Å². The number of aromatic nitrogens is 2. The maximum atomic E-state index is 12.9. The van der Waals surface area contributed by atoms with Gasteiger partial charge in [0.15, 0.2) is 0 Å². The zero-order valence-electron chi connectivity index (χ0n) is 20.8. The Morgan fingerprint density at radius 3 is 2.49 bits per heavy atom. The molecule has 10 heteroatoms. The monoisotopic (exact) mass is 508 g/mol. The number of carboxylic acid groups (broad SMARTS) is 1. The van der Waals surface area contributed by atoms with Crippen molar-refractivity contribution in [1.82, 2.24) is 9.13 Å². The molecule has 0 radical (unpaired) electrons. The van der Waals surface area contributed by atoms with Crippen molar-refractivity contribution in [2.24, 2.45) is 18.7 Å². The van der Waals surface area contributed by atoms with E-state index in [4.69, 9.17) is 10.5 Å². The summed E-state index contributed by atoms with van der Waals surface area (Å²) < 4.78 is 7.99. The first-order valence-electron chi connectivity index (χ1n) is 12.4. The minimum Gasteiger partial charge on any atom is -0.480 e. The molecule has 4 rings (SSSR count). The van der Waals surface area contributed by atoms with Gasteiger partial charge in [-0.25, -0.2) is 9.59 Å². The number of ether oxygens (including phenoxy) is 1. The van der Waals surface area contributed by atoms with E-state index >= 15 is 0 Å². The van der Waals surface area contributed by atoms with Crippen LogP contribution < -0.4 is 16.3 Å². The number of rotatable bonds is 12. The number of carbonyl (C=O) groups is 3. The van der Waals surface area contributed by atoms with Gasteiger partial charge in [0.2, 0.25) is 5.91 Å². The lowest BCUT2D eigenvalue weighted by molar-refractivity contribution is -0.145. The van der Waals surface area contributed by atoms with Crippen molar-refractivity contribution >= 4 is 34.6 Å². The zero-order chi connectivity index (χ0) is 26.5. The van der Waals surface area contributed by atoms with Gasteiger partial charge in [-0.15, -0.1) is 0 Å². The first kappa shape index (κ1) is 26.0. The van der Waals surface area contributed by atoms with Gasteiger partial charge in [0.05, 0.1) is 11.0 Å². The highest BCUT2D eigenvalue weighted by molar-refractivity contribution is 5.84. The van der Waals surface area contributed by atoms with Crippen molar-refractivity contribution in [3.8, 4) is 0 Å². The number of hydrogen-bond acceptors (Lipinski definition) is 6. The molecule has 1 atom stereocenters. The number of hydrogen-bond donors (Lipinski definition) is 2. The molecule has 196 valence electrons. The van der Waals surface area contributed by atoms with E-state index in [9.17, 15) is 24.3 Å². The molecule has 1 unspecified atom stereocenters. The van der Waals surface area contributed by atoms with Gasteiger partial charge in [0.25, 0.3) is 0 Å². The second-order valence-corrected chi connectivity index (χ2v) is 9.55. The summed E-state index contributed by atoms with van der Waals surface area (Å²) in [6, 6.07) is 13.9. The minimum absolute atomic E-state index is 0.0565. The summed E-state index contributed by atoms with van der Waals surface area (Å²) >= 11 is 0. The number of fused-ring (bicyclic) bond motifs is 1. The molecule has 1 aliphatic rings. The highest BCUT2D eigenvalue weighted by Gasteiger charge is 2.29. The van der Waals surface area contributed by atoms with Crippen LogP contribution >= 0.6 is 0 Å². The van der Waals surface area contributed by atoms with Crippen molar-refractivity contribution < 1.29 is 24.2 Å². The number of amides is 1. The van der Waals surface area contributed by atoms with Gasteiger partial charge in [-0.05, 0) is 48.9 Å². The fourth-order valence-corrected chi connectivity index (χ4v) is 4.80. The molecule has 3 aromatic rings. The lowest BCUT2D eigenvalue weighted by Crippen LogP contribution is -2.46. The SMILES string of the molecule is Cn1c(=O)n(C(CCC(N)=O)C(=O)O)c2ccc(N3CC(CCCC(=O)OCc4ccccc4)C3)cc21. The molecule has 1 aromatic heterocycles. The van der Waals surface area contributed by atoms with Gasteiger partial charge in [0, 0.05) is 38.7 Å². The van der Waals surface area contributed by atoms with E-state index in [1.807, 2.05) is 42.5 Å². The van der Waals surface area contributed by atoms with E-state index in [-0.39, 0.29) is 18.8 Å². The Bertz CT molecular complexity index is 1340. The van der Waals surface area contributed by atoms with Crippen molar-refractivity contribution in [1.29, 1.82) is 0 Å². The van der Waals surface area contributed by atoms with Crippen LogP contribution in [0.3, 0.4) is 0 Å². The van der Waals surface area contributed by atoms with Crippen molar-refractivity contribution in [3.63, 3.8) is 0 Å². The molecule has 37 heavy (non-hydrogen) atoms. The highest BCUT2D eigenvalue weighted by Crippen LogP contribution is 2.31. The van der Waals surface area contributed by atoms with Crippen LogP contribution in [0.15, 0.2) is 53.3 Å². The van der Waals surface area contributed by atoms with E-state index in [0.29, 0.717) is 30.0 Å². The molecular formula is C27H32N4O6. The number of carboxylic acids is 1. The Balaban J connectivity index is 1.32. The summed E-state index contributed by atoms with van der Waals surface area (Å²) in [4.78, 5) is 50.1. The van der Waals surface area contributed by atoms with Gasteiger partial charge in [-0.3, -0.25) is 18.7 Å². The second-order valence-electron chi connectivity index (χ2n) is 9.55. The minimum atomic E-state index is -1.19. The fraction of sp³-hybridized carbons (Fsp3) is 0.407. The molecule has 1 amide bonds. The third kappa shape index (κ3) is 6.02.